The van der Waals surface area contributed by atoms with Gasteiger partial charge in [0.15, 0.2) is 5.16 Å². The molecule has 0 radical (unpaired) electrons. The molecule has 0 amide bonds. The number of rotatable bonds is 4. The minimum atomic E-state index is 0.776. The lowest BCUT2D eigenvalue weighted by molar-refractivity contribution is 0.948. The van der Waals surface area contributed by atoms with Gasteiger partial charge in [0, 0.05) is 37.1 Å². The monoisotopic (exact) mass is 246 g/mol. The van der Waals surface area contributed by atoms with E-state index in [1.165, 1.54) is 0 Å². The lowest BCUT2D eigenvalue weighted by Gasteiger charge is -2.03. The normalized spacial score (nSPS) is 10.2. The van der Waals surface area contributed by atoms with Gasteiger partial charge in [-0.3, -0.25) is 4.98 Å². The van der Waals surface area contributed by atoms with E-state index in [9.17, 15) is 0 Å². The molecule has 5 heteroatoms. The molecule has 0 atom stereocenters. The summed E-state index contributed by atoms with van der Waals surface area (Å²) in [5, 5.41) is 3.88. The maximum Gasteiger partial charge on any atom is 0.187 e. The third kappa shape index (κ3) is 3.42. The lowest BCUT2D eigenvalue weighted by atomic mass is 10.3. The van der Waals surface area contributed by atoms with E-state index >= 15 is 0 Å². The first kappa shape index (κ1) is 11.9. The van der Waals surface area contributed by atoms with Crippen LogP contribution in [0.25, 0.3) is 0 Å². The number of nitrogens with zero attached hydrogens (tertiary/aromatic N) is 3. The summed E-state index contributed by atoms with van der Waals surface area (Å²) in [6.07, 6.45) is 5.46. The molecular formula is C12H14N4S. The van der Waals surface area contributed by atoms with E-state index in [1.54, 1.807) is 18.0 Å². The van der Waals surface area contributed by atoms with E-state index in [0.29, 0.717) is 0 Å². The number of nitrogens with one attached hydrogen (secondary N) is 1. The molecule has 0 fully saturated rings. The fourth-order valence-electron chi connectivity index (χ4n) is 1.31. The van der Waals surface area contributed by atoms with E-state index in [4.69, 9.17) is 0 Å². The van der Waals surface area contributed by atoms with Crippen molar-refractivity contribution >= 4 is 17.4 Å². The van der Waals surface area contributed by atoms with E-state index in [0.717, 1.165) is 27.9 Å². The molecule has 2 rings (SSSR count). The lowest BCUT2D eigenvalue weighted by Crippen LogP contribution is -1.93. The van der Waals surface area contributed by atoms with Crippen molar-refractivity contribution in [1.29, 1.82) is 0 Å². The summed E-state index contributed by atoms with van der Waals surface area (Å²) in [6.45, 7) is 1.98. The van der Waals surface area contributed by atoms with Crippen LogP contribution in [0, 0.1) is 6.92 Å². The predicted octanol–water partition coefficient (Wildman–Crippen LogP) is 2.51. The molecule has 0 bridgehead atoms. The van der Waals surface area contributed by atoms with Crippen molar-refractivity contribution < 1.29 is 0 Å². The SMILES string of the molecule is CNc1ccnc(CSc2ncc(C)cn2)c1. The van der Waals surface area contributed by atoms with Gasteiger partial charge < -0.3 is 5.32 Å². The van der Waals surface area contributed by atoms with E-state index in [1.807, 2.05) is 38.5 Å². The molecule has 2 heterocycles. The molecule has 1 N–H and O–H groups in total. The van der Waals surface area contributed by atoms with E-state index < -0.39 is 0 Å². The van der Waals surface area contributed by atoms with Crippen LogP contribution in [0.2, 0.25) is 0 Å². The molecule has 0 aliphatic carbocycles. The van der Waals surface area contributed by atoms with Gasteiger partial charge in [-0.05, 0) is 24.6 Å². The van der Waals surface area contributed by atoms with Crippen molar-refractivity contribution in [3.05, 3.63) is 42.0 Å². The Morgan fingerprint density at radius 3 is 2.71 bits per heavy atom. The average molecular weight is 246 g/mol. The largest absolute Gasteiger partial charge is 0.388 e. The Morgan fingerprint density at radius 1 is 1.24 bits per heavy atom. The molecule has 0 aliphatic heterocycles. The van der Waals surface area contributed by atoms with Crippen molar-refractivity contribution in [2.24, 2.45) is 0 Å². The van der Waals surface area contributed by atoms with Crippen LogP contribution >= 0.6 is 11.8 Å². The van der Waals surface area contributed by atoms with Gasteiger partial charge in [0.1, 0.15) is 0 Å². The Balaban J connectivity index is 1.99. The van der Waals surface area contributed by atoms with Crippen molar-refractivity contribution in [3.8, 4) is 0 Å². The molecule has 0 unspecified atom stereocenters. The summed E-state index contributed by atoms with van der Waals surface area (Å²) in [4.78, 5) is 12.8. The first-order valence-corrected chi connectivity index (χ1v) is 6.30. The van der Waals surface area contributed by atoms with Crippen molar-refractivity contribution in [1.82, 2.24) is 15.0 Å². The van der Waals surface area contributed by atoms with Crippen LogP contribution in [0.4, 0.5) is 5.69 Å². The molecule has 0 spiro atoms. The summed E-state index contributed by atoms with van der Waals surface area (Å²) < 4.78 is 0. The number of thioether (sulfide) groups is 1. The second-order valence-corrected chi connectivity index (χ2v) is 4.56. The molecule has 0 saturated carbocycles. The molecule has 2 aromatic heterocycles. The molecule has 2 aromatic rings. The van der Waals surface area contributed by atoms with Gasteiger partial charge in [0.25, 0.3) is 0 Å². The molecule has 0 saturated heterocycles. The fraction of sp³-hybridized carbons (Fsp3) is 0.250. The van der Waals surface area contributed by atoms with Crippen LogP contribution in [-0.4, -0.2) is 22.0 Å². The van der Waals surface area contributed by atoms with Gasteiger partial charge in [0.05, 0.1) is 5.69 Å². The fourth-order valence-corrected chi connectivity index (χ4v) is 2.00. The van der Waals surface area contributed by atoms with Crippen LogP contribution in [0.5, 0.6) is 0 Å². The van der Waals surface area contributed by atoms with Crippen molar-refractivity contribution in [2.75, 3.05) is 12.4 Å². The number of hydrogen-bond acceptors (Lipinski definition) is 5. The second kappa shape index (κ2) is 5.63. The van der Waals surface area contributed by atoms with Crippen LogP contribution in [0.3, 0.4) is 0 Å². The first-order chi connectivity index (χ1) is 8.28. The van der Waals surface area contributed by atoms with Gasteiger partial charge in [-0.25, -0.2) is 9.97 Å². The number of anilines is 1. The highest BCUT2D eigenvalue weighted by Crippen LogP contribution is 2.19. The Kier molecular flexibility index (Phi) is 3.93. The Labute approximate surface area is 105 Å². The van der Waals surface area contributed by atoms with Crippen LogP contribution in [-0.2, 0) is 5.75 Å². The summed E-state index contributed by atoms with van der Waals surface area (Å²) in [7, 11) is 1.90. The van der Waals surface area contributed by atoms with Gasteiger partial charge in [-0.2, -0.15) is 0 Å². The summed E-state index contributed by atoms with van der Waals surface area (Å²) in [5.41, 5.74) is 3.16. The maximum absolute atomic E-state index is 4.30. The van der Waals surface area contributed by atoms with Gasteiger partial charge in [0.2, 0.25) is 0 Å². The minimum Gasteiger partial charge on any atom is -0.388 e. The number of aromatic nitrogens is 3. The van der Waals surface area contributed by atoms with E-state index in [2.05, 4.69) is 20.3 Å². The zero-order valence-corrected chi connectivity index (χ0v) is 10.7. The van der Waals surface area contributed by atoms with E-state index in [-0.39, 0.29) is 0 Å². The standard InChI is InChI=1S/C12H14N4S/c1-9-6-15-12(16-7-9)17-8-11-5-10(13-2)3-4-14-11/h3-7H,8H2,1-2H3,(H,13,14). The minimum absolute atomic E-state index is 0.776. The van der Waals surface area contributed by atoms with Crippen molar-refractivity contribution in [3.63, 3.8) is 0 Å². The summed E-state index contributed by atoms with van der Waals surface area (Å²) in [6, 6.07) is 3.97. The maximum atomic E-state index is 4.30. The van der Waals surface area contributed by atoms with Crippen LogP contribution in [0.15, 0.2) is 35.9 Å². The zero-order valence-electron chi connectivity index (χ0n) is 9.84. The molecule has 0 aliphatic rings. The summed E-state index contributed by atoms with van der Waals surface area (Å²) >= 11 is 1.59. The third-order valence-electron chi connectivity index (χ3n) is 2.21. The van der Waals surface area contributed by atoms with Gasteiger partial charge >= 0.3 is 0 Å². The van der Waals surface area contributed by atoms with Crippen LogP contribution < -0.4 is 5.32 Å². The molecule has 88 valence electrons. The Hall–Kier alpha value is -1.62. The smallest absolute Gasteiger partial charge is 0.187 e. The zero-order chi connectivity index (χ0) is 12.1. The molecule has 0 aromatic carbocycles. The highest BCUT2D eigenvalue weighted by atomic mass is 32.2. The quantitative estimate of drug-likeness (QED) is 0.663. The topological polar surface area (TPSA) is 50.7 Å². The third-order valence-corrected chi connectivity index (χ3v) is 3.12. The molecule has 4 nitrogen and oxygen atoms in total. The van der Waals surface area contributed by atoms with Crippen molar-refractivity contribution in [2.45, 2.75) is 17.8 Å². The van der Waals surface area contributed by atoms with Crippen LogP contribution in [0.1, 0.15) is 11.3 Å². The number of hydrogen-bond donors (Lipinski definition) is 1. The molecular weight excluding hydrogens is 232 g/mol. The predicted molar refractivity (Wildman–Crippen MR) is 70.1 cm³/mol. The van der Waals surface area contributed by atoms with Gasteiger partial charge in [-0.1, -0.05) is 11.8 Å². The average Bonchev–Trinajstić information content (AvgIpc) is 2.38. The highest BCUT2D eigenvalue weighted by Gasteiger charge is 2.00. The number of aryl methyl sites for hydroxylation is 1. The number of pyridine rings is 1. The molecule has 17 heavy (non-hydrogen) atoms. The first-order valence-electron chi connectivity index (χ1n) is 5.32. The Morgan fingerprint density at radius 2 is 2.00 bits per heavy atom. The Bertz CT molecular complexity index is 484. The summed E-state index contributed by atoms with van der Waals surface area (Å²) in [5.74, 6) is 0.776. The second-order valence-electron chi connectivity index (χ2n) is 3.62. The highest BCUT2D eigenvalue weighted by molar-refractivity contribution is 7.98. The van der Waals surface area contributed by atoms with Gasteiger partial charge in [-0.15, -0.1) is 0 Å².